The van der Waals surface area contributed by atoms with Gasteiger partial charge < -0.3 is 4.79 Å². The van der Waals surface area contributed by atoms with Crippen LogP contribution in [0, 0.1) is 0 Å². The second-order valence-corrected chi connectivity index (χ2v) is 5.78. The maximum Gasteiger partial charge on any atom is 0.137 e. The maximum absolute atomic E-state index is 12.3. The first-order valence-electron chi connectivity index (χ1n) is 7.27. The number of hydrogen-bond acceptors (Lipinski definition) is 2. The molecule has 2 heteroatoms. The molecule has 0 unspecified atom stereocenters. The number of benzene rings is 2. The molecule has 0 radical (unpaired) electrons. The van der Waals surface area contributed by atoms with E-state index in [2.05, 4.69) is 18.2 Å². The Morgan fingerprint density at radius 1 is 0.857 bits per heavy atom. The van der Waals surface area contributed by atoms with E-state index in [0.29, 0.717) is 6.42 Å². The first kappa shape index (κ1) is 13.7. The molecule has 0 saturated carbocycles. The van der Waals surface area contributed by atoms with Crippen LogP contribution in [-0.4, -0.2) is 11.6 Å². The van der Waals surface area contributed by atoms with Gasteiger partial charge in [0.15, 0.2) is 0 Å². The number of carbonyl (C=O) groups excluding carboxylic acids is 2. The third-order valence-electron chi connectivity index (χ3n) is 4.29. The Labute approximate surface area is 124 Å². The minimum atomic E-state index is -0.222. The van der Waals surface area contributed by atoms with Crippen LogP contribution in [0.5, 0.6) is 0 Å². The Hall–Kier alpha value is -2.22. The summed E-state index contributed by atoms with van der Waals surface area (Å²) in [4.78, 5) is 23.9. The molecule has 0 N–H and O–H groups in total. The zero-order chi connectivity index (χ0) is 15.0. The van der Waals surface area contributed by atoms with E-state index in [1.165, 1.54) is 0 Å². The Balaban J connectivity index is 2.26. The topological polar surface area (TPSA) is 34.1 Å². The lowest BCUT2D eigenvalue weighted by molar-refractivity contribution is -0.120. The van der Waals surface area contributed by atoms with Crippen molar-refractivity contribution in [2.75, 3.05) is 0 Å². The Bertz CT molecular complexity index is 715. The minimum absolute atomic E-state index is 0.0499. The third-order valence-corrected chi connectivity index (χ3v) is 4.29. The van der Waals surface area contributed by atoms with Gasteiger partial charge >= 0.3 is 0 Å². The van der Waals surface area contributed by atoms with Crippen LogP contribution in [-0.2, 0) is 9.59 Å². The molecule has 0 aliphatic heterocycles. The van der Waals surface area contributed by atoms with Gasteiger partial charge in [-0.1, -0.05) is 48.5 Å². The summed E-state index contributed by atoms with van der Waals surface area (Å²) in [6.45, 7) is 3.23. The minimum Gasteiger partial charge on any atom is -0.300 e. The van der Waals surface area contributed by atoms with Gasteiger partial charge in [-0.25, -0.2) is 0 Å². The van der Waals surface area contributed by atoms with Crippen LogP contribution in [0.1, 0.15) is 43.2 Å². The highest BCUT2D eigenvalue weighted by atomic mass is 16.1. The van der Waals surface area contributed by atoms with Crippen LogP contribution >= 0.6 is 0 Å². The van der Waals surface area contributed by atoms with Crippen LogP contribution < -0.4 is 0 Å². The van der Waals surface area contributed by atoms with Crippen molar-refractivity contribution < 1.29 is 9.59 Å². The van der Waals surface area contributed by atoms with Crippen LogP contribution in [0.25, 0.3) is 11.1 Å². The molecule has 0 amide bonds. The molecule has 1 aliphatic carbocycles. The van der Waals surface area contributed by atoms with Crippen molar-refractivity contribution >= 4 is 11.6 Å². The Kier molecular flexibility index (Phi) is 3.46. The molecule has 2 nitrogen and oxygen atoms in total. The summed E-state index contributed by atoms with van der Waals surface area (Å²) in [5.74, 6) is -0.0188. The summed E-state index contributed by atoms with van der Waals surface area (Å²) in [6, 6.07) is 16.2. The number of fused-ring (bicyclic) bond motifs is 3. The number of hydrogen-bond donors (Lipinski definition) is 0. The maximum atomic E-state index is 12.3. The Morgan fingerprint density at radius 3 is 1.95 bits per heavy atom. The molecule has 0 fully saturated rings. The summed E-state index contributed by atoms with van der Waals surface area (Å²) in [7, 11) is 0. The second kappa shape index (κ2) is 5.28. The van der Waals surface area contributed by atoms with Gasteiger partial charge in [0.1, 0.15) is 11.6 Å². The molecule has 2 aromatic carbocycles. The van der Waals surface area contributed by atoms with Gasteiger partial charge in [0, 0.05) is 12.3 Å². The van der Waals surface area contributed by atoms with Crippen molar-refractivity contribution in [3.63, 3.8) is 0 Å². The zero-order valence-corrected chi connectivity index (χ0v) is 12.3. The molecule has 1 aliphatic rings. The lowest BCUT2D eigenvalue weighted by Crippen LogP contribution is -2.24. The highest BCUT2D eigenvalue weighted by Crippen LogP contribution is 2.48. The van der Waals surface area contributed by atoms with Crippen molar-refractivity contribution in [3.05, 3.63) is 59.7 Å². The molecule has 2 atom stereocenters. The average Bonchev–Trinajstić information content (AvgIpc) is 2.46. The molecule has 0 saturated heterocycles. The van der Waals surface area contributed by atoms with Gasteiger partial charge in [0.2, 0.25) is 0 Å². The van der Waals surface area contributed by atoms with Gasteiger partial charge in [-0.05, 0) is 36.1 Å². The summed E-state index contributed by atoms with van der Waals surface area (Å²) < 4.78 is 0. The number of carbonyl (C=O) groups is 2. The molecule has 0 spiro atoms. The summed E-state index contributed by atoms with van der Waals surface area (Å²) in [5, 5.41) is 0. The SMILES string of the molecule is CC(=O)C[C@H]1c2ccccc2-c2ccccc2[C@@H]1C(C)=O. The van der Waals surface area contributed by atoms with Gasteiger partial charge in [0.25, 0.3) is 0 Å². The lowest BCUT2D eigenvalue weighted by Gasteiger charge is -2.33. The molecule has 0 heterocycles. The normalized spacial score (nSPS) is 19.5. The van der Waals surface area contributed by atoms with Gasteiger partial charge in [-0.2, -0.15) is 0 Å². The molecular weight excluding hydrogens is 260 g/mol. The highest BCUT2D eigenvalue weighted by molar-refractivity contribution is 5.92. The summed E-state index contributed by atoms with van der Waals surface area (Å²) in [6.07, 6.45) is 0.412. The van der Waals surface area contributed by atoms with E-state index < -0.39 is 0 Å². The fraction of sp³-hybridized carbons (Fsp3) is 0.263. The molecule has 21 heavy (non-hydrogen) atoms. The zero-order valence-electron chi connectivity index (χ0n) is 12.3. The largest absolute Gasteiger partial charge is 0.300 e. The molecule has 0 aromatic heterocycles. The first-order valence-corrected chi connectivity index (χ1v) is 7.27. The summed E-state index contributed by atoms with van der Waals surface area (Å²) in [5.41, 5.74) is 4.44. The van der Waals surface area contributed by atoms with Crippen LogP contribution in [0.15, 0.2) is 48.5 Å². The van der Waals surface area contributed by atoms with E-state index in [1.54, 1.807) is 13.8 Å². The molecule has 2 aromatic rings. The van der Waals surface area contributed by atoms with E-state index in [0.717, 1.165) is 22.3 Å². The average molecular weight is 278 g/mol. The number of rotatable bonds is 3. The summed E-state index contributed by atoms with van der Waals surface area (Å²) >= 11 is 0. The van der Waals surface area contributed by atoms with Crippen molar-refractivity contribution in [1.82, 2.24) is 0 Å². The van der Waals surface area contributed by atoms with Crippen molar-refractivity contribution in [2.45, 2.75) is 32.1 Å². The van der Waals surface area contributed by atoms with Crippen LogP contribution in [0.2, 0.25) is 0 Å². The number of ketones is 2. The smallest absolute Gasteiger partial charge is 0.137 e. The predicted molar refractivity (Wildman–Crippen MR) is 83.3 cm³/mol. The van der Waals surface area contributed by atoms with Crippen LogP contribution in [0.4, 0.5) is 0 Å². The molecule has 106 valence electrons. The van der Waals surface area contributed by atoms with E-state index >= 15 is 0 Å². The Morgan fingerprint density at radius 2 is 1.38 bits per heavy atom. The van der Waals surface area contributed by atoms with E-state index in [-0.39, 0.29) is 23.4 Å². The predicted octanol–water partition coefficient (Wildman–Crippen LogP) is 4.10. The van der Waals surface area contributed by atoms with Gasteiger partial charge in [0.05, 0.1) is 5.92 Å². The molecule has 3 rings (SSSR count). The molecule has 0 bridgehead atoms. The second-order valence-electron chi connectivity index (χ2n) is 5.78. The number of Topliss-reactive ketones (excluding diaryl/α,β-unsaturated/α-hetero) is 2. The first-order chi connectivity index (χ1) is 10.1. The van der Waals surface area contributed by atoms with E-state index in [9.17, 15) is 9.59 Å². The van der Waals surface area contributed by atoms with E-state index in [1.807, 2.05) is 30.3 Å². The molecular formula is C19H18O2. The third kappa shape index (κ3) is 2.31. The van der Waals surface area contributed by atoms with Crippen molar-refractivity contribution in [3.8, 4) is 11.1 Å². The van der Waals surface area contributed by atoms with Crippen molar-refractivity contribution in [2.24, 2.45) is 0 Å². The van der Waals surface area contributed by atoms with Gasteiger partial charge in [-0.3, -0.25) is 4.79 Å². The quantitative estimate of drug-likeness (QED) is 0.847. The van der Waals surface area contributed by atoms with E-state index in [4.69, 9.17) is 0 Å². The highest BCUT2D eigenvalue weighted by Gasteiger charge is 2.36. The van der Waals surface area contributed by atoms with Crippen molar-refractivity contribution in [1.29, 1.82) is 0 Å². The fourth-order valence-corrected chi connectivity index (χ4v) is 3.52. The fourth-order valence-electron chi connectivity index (χ4n) is 3.52. The van der Waals surface area contributed by atoms with Gasteiger partial charge in [-0.15, -0.1) is 0 Å². The standard InChI is InChI=1S/C19H18O2/c1-12(20)11-18-16-9-4-3-7-14(16)15-8-5-6-10-17(15)19(18)13(2)21/h3-10,18-19H,11H2,1-2H3/t18-,19-/m0/s1. The monoisotopic (exact) mass is 278 g/mol. The van der Waals surface area contributed by atoms with Crippen LogP contribution in [0.3, 0.4) is 0 Å². The lowest BCUT2D eigenvalue weighted by atomic mass is 9.68.